The Kier molecular flexibility index (Phi) is 9.35. The fourth-order valence-corrected chi connectivity index (χ4v) is 6.98. The highest BCUT2D eigenvalue weighted by Crippen LogP contribution is 2.38. The number of halogens is 2. The molecule has 0 amide bonds. The molecule has 0 radical (unpaired) electrons. The van der Waals surface area contributed by atoms with Crippen LogP contribution >= 0.6 is 12.4 Å². The van der Waals surface area contributed by atoms with E-state index in [9.17, 15) is 9.90 Å². The molecule has 3 fully saturated rings. The van der Waals surface area contributed by atoms with Gasteiger partial charge in [-0.2, -0.15) is 0 Å². The van der Waals surface area contributed by atoms with Gasteiger partial charge in [-0.3, -0.25) is 19.7 Å². The first-order valence-electron chi connectivity index (χ1n) is 15.9. The predicted molar refractivity (Wildman–Crippen MR) is 177 cm³/mol. The quantitative estimate of drug-likeness (QED) is 0.289. The Morgan fingerprint density at radius 2 is 1.80 bits per heavy atom. The molecule has 1 saturated carbocycles. The van der Waals surface area contributed by atoms with Gasteiger partial charge in [0.05, 0.1) is 23.5 Å². The molecule has 45 heavy (non-hydrogen) atoms. The van der Waals surface area contributed by atoms with Gasteiger partial charge in [-0.25, -0.2) is 9.37 Å². The monoisotopic (exact) mass is 633 g/mol. The molecule has 9 nitrogen and oxygen atoms in total. The Morgan fingerprint density at radius 3 is 2.56 bits per heavy atom. The molecule has 238 valence electrons. The molecule has 4 aromatic rings. The van der Waals surface area contributed by atoms with E-state index in [2.05, 4.69) is 35.4 Å². The number of anilines is 2. The number of hydrogen-bond donors (Lipinski definition) is 1. The second-order valence-electron chi connectivity index (χ2n) is 12.7. The van der Waals surface area contributed by atoms with Gasteiger partial charge in [-0.05, 0) is 75.3 Å². The number of aliphatic hydroxyl groups is 1. The van der Waals surface area contributed by atoms with Crippen molar-refractivity contribution in [3.05, 3.63) is 88.1 Å². The zero-order valence-electron chi connectivity index (χ0n) is 25.7. The van der Waals surface area contributed by atoms with E-state index >= 15 is 4.39 Å². The summed E-state index contributed by atoms with van der Waals surface area (Å²) in [6.07, 6.45) is 14.3. The van der Waals surface area contributed by atoms with Gasteiger partial charge in [-0.15, -0.1) is 12.4 Å². The average Bonchev–Trinajstić information content (AvgIpc) is 3.88. The summed E-state index contributed by atoms with van der Waals surface area (Å²) in [5, 5.41) is 10.7. The van der Waals surface area contributed by atoms with Crippen molar-refractivity contribution in [2.75, 3.05) is 36.0 Å². The first-order chi connectivity index (χ1) is 21.4. The number of aromatic nitrogens is 4. The van der Waals surface area contributed by atoms with E-state index in [1.165, 1.54) is 6.07 Å². The summed E-state index contributed by atoms with van der Waals surface area (Å²) in [6.45, 7) is 5.93. The standard InChI is InChI=1S/C34H40FN7O2.ClH/c1-23-14-24(8-9-37-23)18-41(27-4-2-13-40(21-27)33-17-36-10-11-38-33)19-25-20-42(26-6-7-26)31-16-32(30(35)15-29(31)34(25)44)39-12-3-5-28(43)22-39;/h8-11,14-17,20,26-28,43H,2-7,12-13,18-19,21-22H2,1H3;1H/t27-,28-;/m0./s1. The molecule has 2 atom stereocenters. The van der Waals surface area contributed by atoms with E-state index in [0.29, 0.717) is 48.9 Å². The van der Waals surface area contributed by atoms with Gasteiger partial charge in [0.2, 0.25) is 0 Å². The van der Waals surface area contributed by atoms with Crippen LogP contribution in [-0.2, 0) is 13.1 Å². The van der Waals surface area contributed by atoms with Crippen molar-refractivity contribution in [3.63, 3.8) is 0 Å². The highest BCUT2D eigenvalue weighted by atomic mass is 35.5. The predicted octanol–water partition coefficient (Wildman–Crippen LogP) is 5.02. The Balaban J connectivity index is 0.00000357. The Morgan fingerprint density at radius 1 is 0.978 bits per heavy atom. The topological polar surface area (TPSA) is 90.6 Å². The molecular formula is C34H41ClFN7O2. The molecule has 2 saturated heterocycles. The van der Waals surface area contributed by atoms with Crippen molar-refractivity contribution in [2.45, 2.75) is 76.7 Å². The van der Waals surface area contributed by atoms with Crippen LogP contribution in [0.3, 0.4) is 0 Å². The average molecular weight is 634 g/mol. The molecule has 7 rings (SSSR count). The smallest absolute Gasteiger partial charge is 0.193 e. The highest BCUT2D eigenvalue weighted by molar-refractivity contribution is 5.85. The molecule has 3 aromatic heterocycles. The van der Waals surface area contributed by atoms with Gasteiger partial charge >= 0.3 is 0 Å². The van der Waals surface area contributed by atoms with Crippen LogP contribution in [0.1, 0.15) is 61.4 Å². The van der Waals surface area contributed by atoms with E-state index in [4.69, 9.17) is 0 Å². The molecule has 1 N–H and O–H groups in total. The summed E-state index contributed by atoms with van der Waals surface area (Å²) in [6, 6.07) is 7.91. The largest absolute Gasteiger partial charge is 0.391 e. The number of hydrogen-bond acceptors (Lipinski definition) is 8. The normalized spacial score (nSPS) is 20.4. The summed E-state index contributed by atoms with van der Waals surface area (Å²) in [4.78, 5) is 33.9. The third-order valence-corrected chi connectivity index (χ3v) is 9.36. The van der Waals surface area contributed by atoms with Crippen molar-refractivity contribution in [1.82, 2.24) is 24.4 Å². The van der Waals surface area contributed by atoms with Gasteiger partial charge in [-0.1, -0.05) is 0 Å². The molecule has 1 aliphatic carbocycles. The molecule has 11 heteroatoms. The third-order valence-electron chi connectivity index (χ3n) is 9.36. The van der Waals surface area contributed by atoms with E-state index < -0.39 is 11.9 Å². The second-order valence-corrected chi connectivity index (χ2v) is 12.7. The first-order valence-corrected chi connectivity index (χ1v) is 15.9. The van der Waals surface area contributed by atoms with Crippen LogP contribution < -0.4 is 15.2 Å². The summed E-state index contributed by atoms with van der Waals surface area (Å²) in [5.74, 6) is 0.463. The summed E-state index contributed by atoms with van der Waals surface area (Å²) in [5.41, 5.74) is 3.93. The number of aliphatic hydroxyl groups excluding tert-OH is 1. The number of benzene rings is 1. The Hall–Kier alpha value is -3.60. The number of rotatable bonds is 8. The minimum atomic E-state index is -0.466. The maximum Gasteiger partial charge on any atom is 0.193 e. The zero-order chi connectivity index (χ0) is 30.2. The van der Waals surface area contributed by atoms with Crippen molar-refractivity contribution in [1.29, 1.82) is 0 Å². The Labute approximate surface area is 269 Å². The van der Waals surface area contributed by atoms with E-state index in [-0.39, 0.29) is 23.9 Å². The number of nitrogens with zero attached hydrogens (tertiary/aromatic N) is 7. The number of piperidine rings is 2. The van der Waals surface area contributed by atoms with Crippen molar-refractivity contribution >= 4 is 34.8 Å². The maximum absolute atomic E-state index is 15.7. The highest BCUT2D eigenvalue weighted by Gasteiger charge is 2.30. The minimum absolute atomic E-state index is 0. The van der Waals surface area contributed by atoms with Crippen LogP contribution in [0.2, 0.25) is 0 Å². The first kappa shape index (κ1) is 31.4. The van der Waals surface area contributed by atoms with Crippen LogP contribution in [0.4, 0.5) is 15.9 Å². The fraction of sp³-hybridized carbons (Fsp3) is 0.471. The van der Waals surface area contributed by atoms with Crippen molar-refractivity contribution < 1.29 is 9.50 Å². The van der Waals surface area contributed by atoms with Crippen LogP contribution in [-0.4, -0.2) is 67.9 Å². The number of pyridine rings is 2. The van der Waals surface area contributed by atoms with Gasteiger partial charge in [0.25, 0.3) is 0 Å². The van der Waals surface area contributed by atoms with Gasteiger partial charge < -0.3 is 19.5 Å². The minimum Gasteiger partial charge on any atom is -0.391 e. The summed E-state index contributed by atoms with van der Waals surface area (Å²) in [7, 11) is 0. The number of aryl methyl sites for hydroxylation is 1. The molecule has 1 aromatic carbocycles. The van der Waals surface area contributed by atoms with Crippen LogP contribution in [0, 0.1) is 12.7 Å². The lowest BCUT2D eigenvalue weighted by molar-refractivity contribution is 0.154. The molecule has 0 spiro atoms. The fourth-order valence-electron chi connectivity index (χ4n) is 6.98. The maximum atomic E-state index is 15.7. The van der Waals surface area contributed by atoms with Crippen LogP contribution in [0.5, 0.6) is 0 Å². The van der Waals surface area contributed by atoms with Crippen molar-refractivity contribution in [2.24, 2.45) is 0 Å². The van der Waals surface area contributed by atoms with Crippen molar-refractivity contribution in [3.8, 4) is 0 Å². The summed E-state index contributed by atoms with van der Waals surface area (Å²) < 4.78 is 17.9. The van der Waals surface area contributed by atoms with Crippen LogP contribution in [0.25, 0.3) is 10.9 Å². The van der Waals surface area contributed by atoms with E-state index in [0.717, 1.165) is 74.2 Å². The van der Waals surface area contributed by atoms with Gasteiger partial charge in [0.15, 0.2) is 5.43 Å². The third kappa shape index (κ3) is 6.83. The molecule has 0 unspecified atom stereocenters. The van der Waals surface area contributed by atoms with Gasteiger partial charge in [0, 0.05) is 92.8 Å². The molecule has 3 aliphatic rings. The SMILES string of the molecule is Cc1cc(CN(Cc2cn(C3CC3)c3cc(N4CCC[C@H](O)C4)c(F)cc3c2=O)[C@H]2CCCN(c3cnccn3)C2)ccn1.Cl. The molecule has 5 heterocycles. The van der Waals surface area contributed by atoms with Crippen LogP contribution in [0.15, 0.2) is 60.0 Å². The lowest BCUT2D eigenvalue weighted by Gasteiger charge is -2.40. The Bertz CT molecular complexity index is 1700. The lowest BCUT2D eigenvalue weighted by atomic mass is 10.0. The lowest BCUT2D eigenvalue weighted by Crippen LogP contribution is -2.48. The van der Waals surface area contributed by atoms with Gasteiger partial charge in [0.1, 0.15) is 11.6 Å². The molecular weight excluding hydrogens is 593 g/mol. The molecule has 0 bridgehead atoms. The summed E-state index contributed by atoms with van der Waals surface area (Å²) >= 11 is 0. The number of β-amino-alcohol motifs (C(OH)–C–C–N with tert-alkyl or cyclic N) is 1. The molecule has 2 aliphatic heterocycles. The second kappa shape index (κ2) is 13.4. The number of fused-ring (bicyclic) bond motifs is 1. The zero-order valence-corrected chi connectivity index (χ0v) is 26.5. The van der Waals surface area contributed by atoms with E-state index in [1.807, 2.05) is 42.5 Å². The van der Waals surface area contributed by atoms with E-state index in [1.54, 1.807) is 12.4 Å².